The fraction of sp³-hybridized carbons (Fsp3) is 0.350. The van der Waals surface area contributed by atoms with Crippen molar-refractivity contribution in [1.29, 1.82) is 0 Å². The van der Waals surface area contributed by atoms with Gasteiger partial charge in [-0.15, -0.1) is 0 Å². The molecule has 0 saturated heterocycles. The molecule has 4 nitrogen and oxygen atoms in total. The van der Waals surface area contributed by atoms with E-state index >= 15 is 0 Å². The molecule has 0 bridgehead atoms. The minimum Gasteiger partial charge on any atom is -0.494 e. The molecule has 2 aromatic rings. The normalized spacial score (nSPS) is 11.9. The number of carbonyl (C=O) groups is 1. The molecule has 0 aliphatic rings. The molecule has 2 rings (SSSR count). The predicted molar refractivity (Wildman–Crippen MR) is 96.9 cm³/mol. The summed E-state index contributed by atoms with van der Waals surface area (Å²) in [7, 11) is 0. The van der Waals surface area contributed by atoms with Crippen LogP contribution in [0.1, 0.15) is 39.2 Å². The second-order valence-corrected chi connectivity index (χ2v) is 5.90. The van der Waals surface area contributed by atoms with Gasteiger partial charge in [-0.2, -0.15) is 0 Å². The van der Waals surface area contributed by atoms with Gasteiger partial charge in [0.1, 0.15) is 11.5 Å². The first-order valence-electron chi connectivity index (χ1n) is 8.30. The van der Waals surface area contributed by atoms with Crippen LogP contribution in [-0.4, -0.2) is 18.6 Å². The Kier molecular flexibility index (Phi) is 6.24. The number of benzene rings is 2. The van der Waals surface area contributed by atoms with E-state index in [0.29, 0.717) is 12.5 Å². The Hall–Kier alpha value is -2.49. The minimum absolute atomic E-state index is 0.183. The van der Waals surface area contributed by atoms with Crippen molar-refractivity contribution in [3.05, 3.63) is 54.1 Å². The third kappa shape index (κ3) is 4.75. The number of rotatable bonds is 7. The molecule has 24 heavy (non-hydrogen) atoms. The Morgan fingerprint density at radius 3 is 2.33 bits per heavy atom. The van der Waals surface area contributed by atoms with E-state index < -0.39 is 6.10 Å². The van der Waals surface area contributed by atoms with Crippen LogP contribution < -0.4 is 14.8 Å². The molecule has 0 saturated carbocycles. The van der Waals surface area contributed by atoms with Crippen molar-refractivity contribution in [1.82, 2.24) is 0 Å². The molecule has 1 N–H and O–H groups in total. The zero-order chi connectivity index (χ0) is 17.5. The number of hydrogen-bond donors (Lipinski definition) is 1. The Balaban J connectivity index is 2.00. The van der Waals surface area contributed by atoms with Gasteiger partial charge in [-0.3, -0.25) is 4.79 Å². The second kappa shape index (κ2) is 8.39. The van der Waals surface area contributed by atoms with Crippen molar-refractivity contribution in [2.75, 3.05) is 11.9 Å². The summed E-state index contributed by atoms with van der Waals surface area (Å²) in [6.07, 6.45) is -0.587. The summed E-state index contributed by atoms with van der Waals surface area (Å²) in [4.78, 5) is 12.3. The number of anilines is 1. The van der Waals surface area contributed by atoms with Crippen molar-refractivity contribution in [3.8, 4) is 11.5 Å². The van der Waals surface area contributed by atoms with E-state index in [2.05, 4.69) is 19.2 Å². The fourth-order valence-electron chi connectivity index (χ4n) is 2.35. The highest BCUT2D eigenvalue weighted by Crippen LogP contribution is 2.27. The standard InChI is InChI=1S/C20H25NO3/c1-5-23-17-12-10-16(11-13-17)21-20(22)15(4)24-19-9-7-6-8-18(19)14(2)3/h6-15H,5H2,1-4H3,(H,21,22)/t15-/m1/s1. The molecular weight excluding hydrogens is 302 g/mol. The lowest BCUT2D eigenvalue weighted by Crippen LogP contribution is -2.30. The molecule has 0 aliphatic carbocycles. The van der Waals surface area contributed by atoms with Gasteiger partial charge in [0.05, 0.1) is 6.61 Å². The minimum atomic E-state index is -0.587. The van der Waals surface area contributed by atoms with Gasteiger partial charge in [-0.1, -0.05) is 32.0 Å². The van der Waals surface area contributed by atoms with Crippen molar-refractivity contribution >= 4 is 11.6 Å². The van der Waals surface area contributed by atoms with Gasteiger partial charge in [0, 0.05) is 5.69 Å². The molecule has 128 valence electrons. The lowest BCUT2D eigenvalue weighted by Gasteiger charge is -2.18. The van der Waals surface area contributed by atoms with Gasteiger partial charge in [0.15, 0.2) is 6.10 Å². The monoisotopic (exact) mass is 327 g/mol. The van der Waals surface area contributed by atoms with Crippen molar-refractivity contribution in [2.24, 2.45) is 0 Å². The van der Waals surface area contributed by atoms with E-state index in [1.807, 2.05) is 55.5 Å². The van der Waals surface area contributed by atoms with E-state index in [4.69, 9.17) is 9.47 Å². The van der Waals surface area contributed by atoms with Crippen molar-refractivity contribution in [2.45, 2.75) is 39.7 Å². The van der Waals surface area contributed by atoms with Gasteiger partial charge in [-0.25, -0.2) is 0 Å². The summed E-state index contributed by atoms with van der Waals surface area (Å²) in [5.41, 5.74) is 1.81. The molecule has 0 heterocycles. The third-order valence-corrected chi connectivity index (χ3v) is 3.65. The molecular formula is C20H25NO3. The number of amides is 1. The van der Waals surface area contributed by atoms with Crippen molar-refractivity contribution in [3.63, 3.8) is 0 Å². The average molecular weight is 327 g/mol. The third-order valence-electron chi connectivity index (χ3n) is 3.65. The molecule has 1 amide bonds. The smallest absolute Gasteiger partial charge is 0.265 e. The summed E-state index contributed by atoms with van der Waals surface area (Å²) in [6.45, 7) is 8.51. The largest absolute Gasteiger partial charge is 0.494 e. The summed E-state index contributed by atoms with van der Waals surface area (Å²) in [5, 5.41) is 2.86. The van der Waals surface area contributed by atoms with Gasteiger partial charge >= 0.3 is 0 Å². The average Bonchev–Trinajstić information content (AvgIpc) is 2.57. The van der Waals surface area contributed by atoms with E-state index in [1.165, 1.54) is 0 Å². The van der Waals surface area contributed by atoms with Crippen LogP contribution in [0, 0.1) is 0 Å². The first-order valence-corrected chi connectivity index (χ1v) is 8.30. The van der Waals surface area contributed by atoms with Gasteiger partial charge < -0.3 is 14.8 Å². The van der Waals surface area contributed by atoms with E-state index in [9.17, 15) is 4.79 Å². The first-order chi connectivity index (χ1) is 11.5. The fourth-order valence-corrected chi connectivity index (χ4v) is 2.35. The molecule has 0 spiro atoms. The zero-order valence-electron chi connectivity index (χ0n) is 14.7. The lowest BCUT2D eigenvalue weighted by atomic mass is 10.0. The maximum absolute atomic E-state index is 12.3. The molecule has 0 aliphatic heterocycles. The van der Waals surface area contributed by atoms with Crippen LogP contribution in [0.5, 0.6) is 11.5 Å². The summed E-state index contributed by atoms with van der Waals surface area (Å²) < 4.78 is 11.3. The van der Waals surface area contributed by atoms with Crippen LogP contribution in [0.2, 0.25) is 0 Å². The summed E-state index contributed by atoms with van der Waals surface area (Å²) in [5.74, 6) is 1.69. The predicted octanol–water partition coefficient (Wildman–Crippen LogP) is 4.61. The number of carbonyl (C=O) groups excluding carboxylic acids is 1. The number of nitrogens with one attached hydrogen (secondary N) is 1. The Morgan fingerprint density at radius 1 is 1.04 bits per heavy atom. The number of hydrogen-bond acceptors (Lipinski definition) is 3. The molecule has 1 atom stereocenters. The Labute approximate surface area is 143 Å². The van der Waals surface area contributed by atoms with E-state index in [-0.39, 0.29) is 5.91 Å². The first kappa shape index (κ1) is 17.9. The highest BCUT2D eigenvalue weighted by atomic mass is 16.5. The van der Waals surface area contributed by atoms with Gasteiger partial charge in [0.2, 0.25) is 0 Å². The van der Waals surface area contributed by atoms with Crippen LogP contribution in [0.4, 0.5) is 5.69 Å². The molecule has 0 fully saturated rings. The van der Waals surface area contributed by atoms with E-state index in [0.717, 1.165) is 22.7 Å². The molecule has 0 radical (unpaired) electrons. The van der Waals surface area contributed by atoms with Gasteiger partial charge in [-0.05, 0) is 55.7 Å². The van der Waals surface area contributed by atoms with Crippen LogP contribution in [0.3, 0.4) is 0 Å². The number of ether oxygens (including phenoxy) is 2. The highest BCUT2D eigenvalue weighted by molar-refractivity contribution is 5.94. The summed E-state index contributed by atoms with van der Waals surface area (Å²) in [6, 6.07) is 15.1. The topological polar surface area (TPSA) is 47.6 Å². The Morgan fingerprint density at radius 2 is 1.71 bits per heavy atom. The zero-order valence-corrected chi connectivity index (χ0v) is 14.7. The van der Waals surface area contributed by atoms with Crippen molar-refractivity contribution < 1.29 is 14.3 Å². The lowest BCUT2D eigenvalue weighted by molar-refractivity contribution is -0.122. The molecule has 0 aromatic heterocycles. The van der Waals surface area contributed by atoms with Crippen LogP contribution in [0.25, 0.3) is 0 Å². The summed E-state index contributed by atoms with van der Waals surface area (Å²) >= 11 is 0. The van der Waals surface area contributed by atoms with Crippen LogP contribution >= 0.6 is 0 Å². The van der Waals surface area contributed by atoms with E-state index in [1.54, 1.807) is 6.92 Å². The second-order valence-electron chi connectivity index (χ2n) is 5.90. The maximum atomic E-state index is 12.3. The molecule has 4 heteroatoms. The van der Waals surface area contributed by atoms with Gasteiger partial charge in [0.25, 0.3) is 5.91 Å². The molecule has 0 unspecified atom stereocenters. The number of para-hydroxylation sites is 1. The van der Waals surface area contributed by atoms with Crippen LogP contribution in [0.15, 0.2) is 48.5 Å². The highest BCUT2D eigenvalue weighted by Gasteiger charge is 2.17. The molecule has 2 aromatic carbocycles. The maximum Gasteiger partial charge on any atom is 0.265 e. The SMILES string of the molecule is CCOc1ccc(NC(=O)[C@@H](C)Oc2ccccc2C(C)C)cc1. The quantitative estimate of drug-likeness (QED) is 0.807. The van der Waals surface area contributed by atoms with Crippen LogP contribution in [-0.2, 0) is 4.79 Å². The Bertz CT molecular complexity index is 665.